The molecule has 3 aliphatic heterocycles. The van der Waals surface area contributed by atoms with Gasteiger partial charge in [0.25, 0.3) is 5.91 Å². The van der Waals surface area contributed by atoms with E-state index >= 15 is 0 Å². The van der Waals surface area contributed by atoms with Gasteiger partial charge >= 0.3 is 0 Å². The van der Waals surface area contributed by atoms with Crippen LogP contribution in [0.15, 0.2) is 12.1 Å². The van der Waals surface area contributed by atoms with Crippen LogP contribution in [-0.4, -0.2) is 34.7 Å². The van der Waals surface area contributed by atoms with E-state index in [0.29, 0.717) is 6.42 Å². The van der Waals surface area contributed by atoms with E-state index in [1.165, 1.54) is 4.90 Å². The van der Waals surface area contributed by atoms with Gasteiger partial charge in [-0.2, -0.15) is 0 Å². The van der Waals surface area contributed by atoms with Crippen LogP contribution >= 0.6 is 0 Å². The van der Waals surface area contributed by atoms with Crippen LogP contribution in [0.4, 0.5) is 5.69 Å². The Morgan fingerprint density at radius 2 is 1.92 bits per heavy atom. The molecule has 2 saturated heterocycles. The zero-order valence-corrected chi connectivity index (χ0v) is 15.9. The molecule has 0 saturated carbocycles. The Morgan fingerprint density at radius 3 is 2.58 bits per heavy atom. The van der Waals surface area contributed by atoms with Crippen molar-refractivity contribution in [3.63, 3.8) is 0 Å². The first-order valence-corrected chi connectivity index (χ1v) is 9.40. The molecule has 6 nitrogen and oxygen atoms in total. The number of nitrogens with zero attached hydrogens (tertiary/aromatic N) is 1. The van der Waals surface area contributed by atoms with Crippen LogP contribution in [0.1, 0.15) is 43.9 Å². The van der Waals surface area contributed by atoms with Gasteiger partial charge in [-0.25, -0.2) is 0 Å². The predicted octanol–water partition coefficient (Wildman–Crippen LogP) is 0.816. The first-order chi connectivity index (χ1) is 12.3. The van der Waals surface area contributed by atoms with Gasteiger partial charge in [0.1, 0.15) is 11.8 Å². The average Bonchev–Trinajstić information content (AvgIpc) is 3.16. The van der Waals surface area contributed by atoms with Crippen molar-refractivity contribution in [3.05, 3.63) is 28.8 Å². The van der Waals surface area contributed by atoms with E-state index in [1.54, 1.807) is 0 Å². The van der Waals surface area contributed by atoms with Crippen LogP contribution in [0.2, 0.25) is 0 Å². The molecule has 3 heterocycles. The van der Waals surface area contributed by atoms with Gasteiger partial charge in [0.15, 0.2) is 0 Å². The molecule has 1 aromatic rings. The minimum atomic E-state index is -1.03. The Hall–Kier alpha value is -2.21. The lowest BCUT2D eigenvalue weighted by Crippen LogP contribution is -2.98. The number of nitrogens with one attached hydrogen (secondary N) is 1. The van der Waals surface area contributed by atoms with E-state index < -0.39 is 17.4 Å². The fraction of sp³-hybridized carbons (Fsp3) is 0.550. The van der Waals surface area contributed by atoms with E-state index in [2.05, 4.69) is 5.32 Å². The summed E-state index contributed by atoms with van der Waals surface area (Å²) >= 11 is 0. The molecule has 138 valence electrons. The van der Waals surface area contributed by atoms with Gasteiger partial charge in [0, 0.05) is 11.6 Å². The number of hydrogen-bond acceptors (Lipinski definition) is 3. The van der Waals surface area contributed by atoms with Gasteiger partial charge in [-0.3, -0.25) is 19.3 Å². The van der Waals surface area contributed by atoms with E-state index in [1.807, 2.05) is 52.1 Å². The molecular weight excluding hydrogens is 330 g/mol. The number of amides is 3. The molecule has 0 aliphatic carbocycles. The van der Waals surface area contributed by atoms with Crippen LogP contribution in [0.25, 0.3) is 0 Å². The number of carbonyl (C=O) groups is 3. The van der Waals surface area contributed by atoms with E-state index in [9.17, 15) is 14.4 Å². The number of likely N-dealkylation sites (tertiary alicyclic amines) is 1. The number of fused-ring (bicyclic) bond motifs is 4. The van der Waals surface area contributed by atoms with Crippen LogP contribution in [0.5, 0.6) is 0 Å². The maximum absolute atomic E-state index is 13.3. The van der Waals surface area contributed by atoms with Crippen molar-refractivity contribution in [1.29, 1.82) is 0 Å². The Kier molecular flexibility index (Phi) is 3.57. The number of nitrogens with two attached hydrogens (primary N) is 1. The number of imide groups is 1. The van der Waals surface area contributed by atoms with E-state index in [4.69, 9.17) is 0 Å². The Labute approximate surface area is 153 Å². The summed E-state index contributed by atoms with van der Waals surface area (Å²) in [6, 6.07) is 3.68. The van der Waals surface area contributed by atoms with Crippen LogP contribution in [-0.2, 0) is 19.9 Å². The van der Waals surface area contributed by atoms with Gasteiger partial charge < -0.3 is 10.6 Å². The van der Waals surface area contributed by atoms with Crippen molar-refractivity contribution in [1.82, 2.24) is 4.90 Å². The summed E-state index contributed by atoms with van der Waals surface area (Å²) in [5.74, 6) is -1.58. The third-order valence-corrected chi connectivity index (χ3v) is 6.80. The molecule has 5 atom stereocenters. The molecule has 4 rings (SSSR count). The summed E-state index contributed by atoms with van der Waals surface area (Å²) in [6.45, 7) is 9.80. The smallest absolute Gasteiger partial charge is 0.291 e. The molecule has 1 aromatic carbocycles. The molecular formula is C20H26N3O3+. The van der Waals surface area contributed by atoms with Gasteiger partial charge in [-0.15, -0.1) is 0 Å². The SMILES string of the molecule is CC[C@@H](C)N1C(=O)[C@@H]2[C@H](C)[NH2+][C@@]3(C(=O)Nc4c3ccc(C)c4C)[C@@H]2C1=O. The van der Waals surface area contributed by atoms with Crippen molar-refractivity contribution in [3.8, 4) is 0 Å². The Balaban J connectivity index is 1.90. The molecule has 0 bridgehead atoms. The highest BCUT2D eigenvalue weighted by Gasteiger charge is 2.73. The van der Waals surface area contributed by atoms with Crippen molar-refractivity contribution in [2.45, 2.75) is 58.7 Å². The maximum Gasteiger partial charge on any atom is 0.291 e. The summed E-state index contributed by atoms with van der Waals surface area (Å²) in [5, 5.41) is 4.96. The quantitative estimate of drug-likeness (QED) is 0.770. The van der Waals surface area contributed by atoms with Crippen molar-refractivity contribution in [2.24, 2.45) is 11.8 Å². The summed E-state index contributed by atoms with van der Waals surface area (Å²) in [5.41, 5.74) is 2.73. The van der Waals surface area contributed by atoms with Gasteiger partial charge in [-0.1, -0.05) is 13.0 Å². The molecule has 0 aromatic heterocycles. The Morgan fingerprint density at radius 1 is 1.23 bits per heavy atom. The number of anilines is 1. The second-order valence-electron chi connectivity index (χ2n) is 8.09. The number of carbonyl (C=O) groups excluding carboxylic acids is 3. The van der Waals surface area contributed by atoms with Crippen LogP contribution in [0, 0.1) is 25.7 Å². The van der Waals surface area contributed by atoms with Crippen LogP contribution < -0.4 is 10.6 Å². The van der Waals surface area contributed by atoms with Crippen molar-refractivity contribution in [2.75, 3.05) is 5.32 Å². The minimum absolute atomic E-state index is 0.121. The molecule has 2 fully saturated rings. The van der Waals surface area contributed by atoms with Crippen molar-refractivity contribution < 1.29 is 19.7 Å². The van der Waals surface area contributed by atoms with E-state index in [-0.39, 0.29) is 29.8 Å². The summed E-state index contributed by atoms with van der Waals surface area (Å²) in [4.78, 5) is 40.9. The molecule has 0 unspecified atom stereocenters. The fourth-order valence-corrected chi connectivity index (χ4v) is 5.10. The van der Waals surface area contributed by atoms with Gasteiger partial charge in [0.05, 0.1) is 11.7 Å². The van der Waals surface area contributed by atoms with Gasteiger partial charge in [-0.05, 0) is 51.3 Å². The second kappa shape index (κ2) is 5.39. The molecule has 0 radical (unpaired) electrons. The summed E-state index contributed by atoms with van der Waals surface area (Å²) in [6.07, 6.45) is 0.711. The number of aryl methyl sites for hydroxylation is 1. The molecule has 3 amide bonds. The third kappa shape index (κ3) is 1.83. The molecule has 3 N–H and O–H groups in total. The standard InChI is InChI=1S/C20H25N3O3/c1-6-10(3)23-17(24)14-12(5)22-20(15(14)18(23)25)13-8-7-9(2)11(4)16(13)21-19(20)26/h7-8,10,12,14-15,22H,6H2,1-5H3,(H,21,26)/p+1/t10-,12+,14-,15+,20-/m1/s1. The third-order valence-electron chi connectivity index (χ3n) is 6.80. The minimum Gasteiger partial charge on any atom is -0.326 e. The lowest BCUT2D eigenvalue weighted by molar-refractivity contribution is -0.730. The zero-order valence-electron chi connectivity index (χ0n) is 15.9. The predicted molar refractivity (Wildman–Crippen MR) is 96.2 cm³/mol. The highest BCUT2D eigenvalue weighted by molar-refractivity contribution is 6.14. The van der Waals surface area contributed by atoms with Crippen LogP contribution in [0.3, 0.4) is 0 Å². The monoisotopic (exact) mass is 356 g/mol. The molecule has 6 heteroatoms. The highest BCUT2D eigenvalue weighted by Crippen LogP contribution is 2.50. The summed E-state index contributed by atoms with van der Waals surface area (Å²) in [7, 11) is 0. The first-order valence-electron chi connectivity index (χ1n) is 9.40. The second-order valence-corrected chi connectivity index (χ2v) is 8.09. The maximum atomic E-state index is 13.3. The van der Waals surface area contributed by atoms with Crippen molar-refractivity contribution >= 4 is 23.4 Å². The molecule has 3 aliphatic rings. The number of quaternary nitrogens is 1. The lowest BCUT2D eigenvalue weighted by Gasteiger charge is -2.28. The Bertz CT molecular complexity index is 849. The molecule has 26 heavy (non-hydrogen) atoms. The number of hydrogen-bond donors (Lipinski definition) is 2. The number of rotatable bonds is 2. The largest absolute Gasteiger partial charge is 0.326 e. The fourth-order valence-electron chi connectivity index (χ4n) is 5.10. The summed E-state index contributed by atoms with van der Waals surface area (Å²) < 4.78 is 0. The average molecular weight is 356 g/mol. The first kappa shape index (κ1) is 17.2. The normalized spacial score (nSPS) is 33.7. The zero-order chi connectivity index (χ0) is 19.0. The van der Waals surface area contributed by atoms with Gasteiger partial charge in [0.2, 0.25) is 17.4 Å². The molecule has 1 spiro atoms. The highest BCUT2D eigenvalue weighted by atomic mass is 16.2. The number of benzene rings is 1. The van der Waals surface area contributed by atoms with E-state index in [0.717, 1.165) is 22.4 Å². The topological polar surface area (TPSA) is 83.1 Å². The lowest BCUT2D eigenvalue weighted by atomic mass is 9.76.